The molecule has 4 heteroatoms. The van der Waals surface area contributed by atoms with Crippen molar-refractivity contribution < 1.29 is 0 Å². The number of likely N-dealkylation sites (tertiary alicyclic amines) is 1. The Labute approximate surface area is 137 Å². The first-order valence-corrected chi connectivity index (χ1v) is 9.12. The SMILES string of the molecule is CC1CCCCN1Cc1ccc(-c2nc(CCN)cs2)cc1. The molecule has 2 heterocycles. The third-order valence-corrected chi connectivity index (χ3v) is 5.42. The summed E-state index contributed by atoms with van der Waals surface area (Å²) in [7, 11) is 0. The van der Waals surface area contributed by atoms with Crippen LogP contribution in [0.3, 0.4) is 0 Å². The van der Waals surface area contributed by atoms with Crippen LogP contribution in [0.4, 0.5) is 0 Å². The van der Waals surface area contributed by atoms with E-state index in [1.54, 1.807) is 11.3 Å². The van der Waals surface area contributed by atoms with Crippen molar-refractivity contribution in [2.75, 3.05) is 13.1 Å². The van der Waals surface area contributed by atoms with Crippen LogP contribution in [0, 0.1) is 0 Å². The van der Waals surface area contributed by atoms with Crippen molar-refractivity contribution in [2.24, 2.45) is 5.73 Å². The zero-order valence-electron chi connectivity index (χ0n) is 13.3. The second kappa shape index (κ2) is 7.36. The van der Waals surface area contributed by atoms with E-state index in [0.29, 0.717) is 12.6 Å². The second-order valence-electron chi connectivity index (χ2n) is 6.19. The lowest BCUT2D eigenvalue weighted by Crippen LogP contribution is -2.36. The van der Waals surface area contributed by atoms with Gasteiger partial charge >= 0.3 is 0 Å². The van der Waals surface area contributed by atoms with Crippen LogP contribution in [0.1, 0.15) is 37.4 Å². The lowest BCUT2D eigenvalue weighted by atomic mass is 10.0. The summed E-state index contributed by atoms with van der Waals surface area (Å²) in [5.74, 6) is 0. The summed E-state index contributed by atoms with van der Waals surface area (Å²) in [6, 6.07) is 9.62. The molecule has 1 fully saturated rings. The molecule has 1 aliphatic heterocycles. The molecule has 0 bridgehead atoms. The molecule has 1 saturated heterocycles. The van der Waals surface area contributed by atoms with E-state index in [4.69, 9.17) is 5.73 Å². The molecule has 1 aromatic heterocycles. The fourth-order valence-corrected chi connectivity index (χ4v) is 3.94. The largest absolute Gasteiger partial charge is 0.330 e. The number of aromatic nitrogens is 1. The van der Waals surface area contributed by atoms with Crippen LogP contribution in [0.15, 0.2) is 29.6 Å². The Kier molecular flexibility index (Phi) is 5.24. The smallest absolute Gasteiger partial charge is 0.123 e. The molecule has 0 radical (unpaired) electrons. The van der Waals surface area contributed by atoms with Gasteiger partial charge in [-0.2, -0.15) is 0 Å². The fourth-order valence-electron chi connectivity index (χ4n) is 3.08. The molecule has 2 N–H and O–H groups in total. The molecule has 0 spiro atoms. The molecule has 1 unspecified atom stereocenters. The summed E-state index contributed by atoms with van der Waals surface area (Å²) >= 11 is 1.71. The average molecular weight is 315 g/mol. The third kappa shape index (κ3) is 3.75. The number of hydrogen-bond donors (Lipinski definition) is 1. The van der Waals surface area contributed by atoms with E-state index in [9.17, 15) is 0 Å². The highest BCUT2D eigenvalue weighted by molar-refractivity contribution is 7.13. The summed E-state index contributed by atoms with van der Waals surface area (Å²) in [6.07, 6.45) is 4.92. The van der Waals surface area contributed by atoms with Crippen LogP contribution in [-0.4, -0.2) is 29.0 Å². The number of rotatable bonds is 5. The van der Waals surface area contributed by atoms with E-state index >= 15 is 0 Å². The van der Waals surface area contributed by atoms with Gasteiger partial charge in [0.2, 0.25) is 0 Å². The number of hydrogen-bond acceptors (Lipinski definition) is 4. The molecule has 3 rings (SSSR count). The predicted octanol–water partition coefficient (Wildman–Crippen LogP) is 3.69. The molecular weight excluding hydrogens is 290 g/mol. The van der Waals surface area contributed by atoms with Crippen LogP contribution in [0.25, 0.3) is 10.6 Å². The minimum Gasteiger partial charge on any atom is -0.330 e. The number of benzene rings is 1. The van der Waals surface area contributed by atoms with Gasteiger partial charge < -0.3 is 5.73 Å². The summed E-state index contributed by atoms with van der Waals surface area (Å²) < 4.78 is 0. The predicted molar refractivity (Wildman–Crippen MR) is 94.0 cm³/mol. The normalized spacial score (nSPS) is 19.5. The molecule has 1 aliphatic rings. The Morgan fingerprint density at radius 3 is 2.82 bits per heavy atom. The Morgan fingerprint density at radius 2 is 2.09 bits per heavy atom. The molecule has 118 valence electrons. The molecule has 1 aromatic carbocycles. The first-order valence-electron chi connectivity index (χ1n) is 8.24. The first-order chi connectivity index (χ1) is 10.8. The van der Waals surface area contributed by atoms with E-state index in [-0.39, 0.29) is 0 Å². The van der Waals surface area contributed by atoms with Gasteiger partial charge in [-0.1, -0.05) is 30.7 Å². The van der Waals surface area contributed by atoms with Crippen molar-refractivity contribution in [1.29, 1.82) is 0 Å². The van der Waals surface area contributed by atoms with Crippen LogP contribution in [0.2, 0.25) is 0 Å². The van der Waals surface area contributed by atoms with Gasteiger partial charge in [0.25, 0.3) is 0 Å². The molecule has 22 heavy (non-hydrogen) atoms. The summed E-state index contributed by atoms with van der Waals surface area (Å²) in [4.78, 5) is 7.25. The van der Waals surface area contributed by atoms with Crippen LogP contribution in [-0.2, 0) is 13.0 Å². The highest BCUT2D eigenvalue weighted by Gasteiger charge is 2.18. The van der Waals surface area contributed by atoms with E-state index in [2.05, 4.69) is 46.5 Å². The second-order valence-corrected chi connectivity index (χ2v) is 7.05. The lowest BCUT2D eigenvalue weighted by molar-refractivity contribution is 0.152. The van der Waals surface area contributed by atoms with Gasteiger partial charge in [-0.3, -0.25) is 4.90 Å². The molecule has 0 saturated carbocycles. The third-order valence-electron chi connectivity index (χ3n) is 4.48. The van der Waals surface area contributed by atoms with Gasteiger partial charge in [0, 0.05) is 30.0 Å². The van der Waals surface area contributed by atoms with Crippen molar-refractivity contribution in [2.45, 2.75) is 45.2 Å². The molecule has 0 aliphatic carbocycles. The van der Waals surface area contributed by atoms with E-state index in [1.165, 1.54) is 36.9 Å². The summed E-state index contributed by atoms with van der Waals surface area (Å²) in [6.45, 7) is 5.31. The van der Waals surface area contributed by atoms with E-state index < -0.39 is 0 Å². The van der Waals surface area contributed by atoms with Gasteiger partial charge in [-0.25, -0.2) is 4.98 Å². The molecule has 0 amide bonds. The van der Waals surface area contributed by atoms with Gasteiger partial charge in [0.15, 0.2) is 0 Å². The average Bonchev–Trinajstić information content (AvgIpc) is 2.99. The fraction of sp³-hybridized carbons (Fsp3) is 0.500. The number of piperidine rings is 1. The quantitative estimate of drug-likeness (QED) is 0.915. The minimum atomic E-state index is 0.663. The van der Waals surface area contributed by atoms with Crippen LogP contribution < -0.4 is 5.73 Å². The zero-order chi connectivity index (χ0) is 15.4. The van der Waals surface area contributed by atoms with Crippen molar-refractivity contribution in [3.05, 3.63) is 40.9 Å². The molecule has 1 atom stereocenters. The van der Waals surface area contributed by atoms with Crippen molar-refractivity contribution in [3.8, 4) is 10.6 Å². The van der Waals surface area contributed by atoms with Crippen LogP contribution in [0.5, 0.6) is 0 Å². The summed E-state index contributed by atoms with van der Waals surface area (Å²) in [5, 5.41) is 3.22. The standard InChI is InChI=1S/C18H25N3S/c1-14-4-2-3-11-21(14)12-15-5-7-16(8-6-15)18-20-17(9-10-19)13-22-18/h5-8,13-14H,2-4,9-12,19H2,1H3. The first kappa shape index (κ1) is 15.7. The topological polar surface area (TPSA) is 42.2 Å². The monoisotopic (exact) mass is 315 g/mol. The van der Waals surface area contributed by atoms with Gasteiger partial charge in [-0.15, -0.1) is 11.3 Å². The number of nitrogens with two attached hydrogens (primary N) is 1. The maximum atomic E-state index is 5.59. The Morgan fingerprint density at radius 1 is 1.27 bits per heavy atom. The minimum absolute atomic E-state index is 0.663. The highest BCUT2D eigenvalue weighted by Crippen LogP contribution is 2.25. The van der Waals surface area contributed by atoms with Gasteiger partial charge in [0.05, 0.1) is 5.69 Å². The Balaban J connectivity index is 1.66. The maximum absolute atomic E-state index is 5.59. The van der Waals surface area contributed by atoms with Crippen LogP contribution >= 0.6 is 11.3 Å². The Hall–Kier alpha value is -1.23. The molecule has 2 aromatic rings. The maximum Gasteiger partial charge on any atom is 0.123 e. The molecule has 3 nitrogen and oxygen atoms in total. The van der Waals surface area contributed by atoms with Crippen molar-refractivity contribution in [3.63, 3.8) is 0 Å². The van der Waals surface area contributed by atoms with Gasteiger partial charge in [0.1, 0.15) is 5.01 Å². The lowest BCUT2D eigenvalue weighted by Gasteiger charge is -2.33. The van der Waals surface area contributed by atoms with Gasteiger partial charge in [-0.05, 0) is 38.4 Å². The molecular formula is C18H25N3S. The van der Waals surface area contributed by atoms with Crippen molar-refractivity contribution in [1.82, 2.24) is 9.88 Å². The van der Waals surface area contributed by atoms with Crippen molar-refractivity contribution >= 4 is 11.3 Å². The Bertz CT molecular complexity index is 591. The summed E-state index contributed by atoms with van der Waals surface area (Å²) in [5.41, 5.74) is 9.30. The zero-order valence-corrected chi connectivity index (χ0v) is 14.1. The number of nitrogens with zero attached hydrogens (tertiary/aromatic N) is 2. The van der Waals surface area contributed by atoms with E-state index in [1.807, 2.05) is 0 Å². The highest BCUT2D eigenvalue weighted by atomic mass is 32.1. The number of thiazole rings is 1. The van der Waals surface area contributed by atoms with E-state index in [0.717, 1.165) is 23.7 Å².